The standard InChI is InChI=1S/C16H20N4O2/c1-16(2,3)22-15(21)20-13-7-8-14(19-11-13)18-10-12-6-4-5-9-17-12/h4-9,11H,10H2,1-3H3,(H,18,19)(H,20,21). The van der Waals surface area contributed by atoms with Crippen LogP contribution in [0.3, 0.4) is 0 Å². The van der Waals surface area contributed by atoms with Gasteiger partial charge in [-0.25, -0.2) is 9.78 Å². The SMILES string of the molecule is CC(C)(C)OC(=O)Nc1ccc(NCc2ccccn2)nc1. The number of nitrogens with one attached hydrogen (secondary N) is 2. The molecule has 0 aromatic carbocycles. The zero-order valence-electron chi connectivity index (χ0n) is 13.0. The summed E-state index contributed by atoms with van der Waals surface area (Å²) in [5.74, 6) is 0.709. The summed E-state index contributed by atoms with van der Waals surface area (Å²) in [6.07, 6.45) is 2.83. The molecule has 116 valence electrons. The maximum absolute atomic E-state index is 11.6. The van der Waals surface area contributed by atoms with Gasteiger partial charge < -0.3 is 10.1 Å². The van der Waals surface area contributed by atoms with Crippen molar-refractivity contribution < 1.29 is 9.53 Å². The van der Waals surface area contributed by atoms with Gasteiger partial charge in [0.05, 0.1) is 24.1 Å². The highest BCUT2D eigenvalue weighted by Gasteiger charge is 2.16. The summed E-state index contributed by atoms with van der Waals surface area (Å²) >= 11 is 0. The molecule has 0 aliphatic heterocycles. The van der Waals surface area contributed by atoms with Crippen LogP contribution in [0, 0.1) is 0 Å². The van der Waals surface area contributed by atoms with Crippen LogP contribution in [-0.2, 0) is 11.3 Å². The van der Waals surface area contributed by atoms with Crippen LogP contribution in [0.25, 0.3) is 0 Å². The lowest BCUT2D eigenvalue weighted by Gasteiger charge is -2.19. The Bertz CT molecular complexity index is 606. The minimum absolute atomic E-state index is 0.497. The summed E-state index contributed by atoms with van der Waals surface area (Å²) in [4.78, 5) is 20.1. The van der Waals surface area contributed by atoms with Gasteiger partial charge in [0.15, 0.2) is 0 Å². The van der Waals surface area contributed by atoms with E-state index in [9.17, 15) is 4.79 Å². The molecule has 2 aromatic rings. The topological polar surface area (TPSA) is 76.1 Å². The second-order valence-corrected chi connectivity index (χ2v) is 5.73. The smallest absolute Gasteiger partial charge is 0.412 e. The predicted octanol–water partition coefficient (Wildman–Crippen LogP) is 3.44. The number of nitrogens with zero attached hydrogens (tertiary/aromatic N) is 2. The van der Waals surface area contributed by atoms with E-state index >= 15 is 0 Å². The van der Waals surface area contributed by atoms with Gasteiger partial charge in [0, 0.05) is 6.20 Å². The lowest BCUT2D eigenvalue weighted by atomic mass is 10.2. The van der Waals surface area contributed by atoms with Crippen molar-refractivity contribution in [2.24, 2.45) is 0 Å². The Morgan fingerprint density at radius 1 is 1.18 bits per heavy atom. The van der Waals surface area contributed by atoms with E-state index in [0.717, 1.165) is 5.69 Å². The Kier molecular flexibility index (Phi) is 4.93. The predicted molar refractivity (Wildman–Crippen MR) is 85.7 cm³/mol. The fourth-order valence-corrected chi connectivity index (χ4v) is 1.68. The minimum atomic E-state index is -0.526. The lowest BCUT2D eigenvalue weighted by molar-refractivity contribution is 0.0636. The number of rotatable bonds is 4. The Morgan fingerprint density at radius 3 is 2.59 bits per heavy atom. The van der Waals surface area contributed by atoms with Crippen LogP contribution in [0.4, 0.5) is 16.3 Å². The molecule has 0 saturated carbocycles. The number of pyridine rings is 2. The van der Waals surface area contributed by atoms with E-state index < -0.39 is 11.7 Å². The molecule has 2 heterocycles. The Hall–Kier alpha value is -2.63. The molecule has 6 nitrogen and oxygen atoms in total. The molecule has 22 heavy (non-hydrogen) atoms. The quantitative estimate of drug-likeness (QED) is 0.904. The molecule has 0 atom stereocenters. The molecule has 0 saturated heterocycles. The van der Waals surface area contributed by atoms with Crippen molar-refractivity contribution >= 4 is 17.6 Å². The highest BCUT2D eigenvalue weighted by molar-refractivity contribution is 5.84. The number of aromatic nitrogens is 2. The zero-order valence-corrected chi connectivity index (χ0v) is 13.0. The highest BCUT2D eigenvalue weighted by atomic mass is 16.6. The number of carbonyl (C=O) groups excluding carboxylic acids is 1. The van der Waals surface area contributed by atoms with Gasteiger partial charge in [-0.3, -0.25) is 10.3 Å². The van der Waals surface area contributed by atoms with Crippen LogP contribution in [0.15, 0.2) is 42.7 Å². The van der Waals surface area contributed by atoms with Crippen LogP contribution in [-0.4, -0.2) is 21.7 Å². The van der Waals surface area contributed by atoms with E-state index in [-0.39, 0.29) is 0 Å². The van der Waals surface area contributed by atoms with Crippen LogP contribution < -0.4 is 10.6 Å². The van der Waals surface area contributed by atoms with Crippen LogP contribution in [0.1, 0.15) is 26.5 Å². The van der Waals surface area contributed by atoms with Gasteiger partial charge in [-0.05, 0) is 45.0 Å². The van der Waals surface area contributed by atoms with E-state index in [1.807, 2.05) is 39.0 Å². The van der Waals surface area contributed by atoms with Gasteiger partial charge >= 0.3 is 6.09 Å². The second kappa shape index (κ2) is 6.89. The molecule has 0 bridgehead atoms. The third-order valence-corrected chi connectivity index (χ3v) is 2.59. The normalized spacial score (nSPS) is 10.9. The van der Waals surface area contributed by atoms with E-state index in [2.05, 4.69) is 20.6 Å². The maximum atomic E-state index is 11.6. The van der Waals surface area contributed by atoms with Crippen LogP contribution >= 0.6 is 0 Å². The average molecular weight is 300 g/mol. The van der Waals surface area contributed by atoms with Crippen molar-refractivity contribution in [3.8, 4) is 0 Å². The molecular formula is C16H20N4O2. The van der Waals surface area contributed by atoms with Gasteiger partial charge in [0.25, 0.3) is 0 Å². The van der Waals surface area contributed by atoms with Gasteiger partial charge in [0.1, 0.15) is 11.4 Å². The Labute approximate surface area is 129 Å². The molecule has 0 aliphatic carbocycles. The summed E-state index contributed by atoms with van der Waals surface area (Å²) in [5, 5.41) is 5.80. The number of hydrogen-bond donors (Lipinski definition) is 2. The largest absolute Gasteiger partial charge is 0.444 e. The fourth-order valence-electron chi connectivity index (χ4n) is 1.68. The van der Waals surface area contributed by atoms with Crippen molar-refractivity contribution in [3.63, 3.8) is 0 Å². The van der Waals surface area contributed by atoms with Gasteiger partial charge in [-0.15, -0.1) is 0 Å². The molecule has 0 radical (unpaired) electrons. The lowest BCUT2D eigenvalue weighted by Crippen LogP contribution is -2.27. The second-order valence-electron chi connectivity index (χ2n) is 5.73. The first kappa shape index (κ1) is 15.8. The molecule has 6 heteroatoms. The van der Waals surface area contributed by atoms with Crippen molar-refractivity contribution in [3.05, 3.63) is 48.4 Å². The molecule has 0 aliphatic rings. The summed E-state index contributed by atoms with van der Waals surface area (Å²) in [6.45, 7) is 6.03. The summed E-state index contributed by atoms with van der Waals surface area (Å²) in [7, 11) is 0. The van der Waals surface area contributed by atoms with Gasteiger partial charge in [-0.2, -0.15) is 0 Å². The summed E-state index contributed by atoms with van der Waals surface area (Å²) < 4.78 is 5.18. The van der Waals surface area contributed by atoms with Gasteiger partial charge in [0.2, 0.25) is 0 Å². The monoisotopic (exact) mass is 300 g/mol. The van der Waals surface area contributed by atoms with Crippen LogP contribution in [0.2, 0.25) is 0 Å². The van der Waals surface area contributed by atoms with Crippen molar-refractivity contribution in [2.75, 3.05) is 10.6 Å². The maximum Gasteiger partial charge on any atom is 0.412 e. The van der Waals surface area contributed by atoms with Crippen molar-refractivity contribution in [1.29, 1.82) is 0 Å². The number of ether oxygens (including phenoxy) is 1. The highest BCUT2D eigenvalue weighted by Crippen LogP contribution is 2.13. The van der Waals surface area contributed by atoms with Crippen molar-refractivity contribution in [1.82, 2.24) is 9.97 Å². The molecule has 2 N–H and O–H groups in total. The molecule has 0 spiro atoms. The van der Waals surface area contributed by atoms with E-state index in [4.69, 9.17) is 4.74 Å². The van der Waals surface area contributed by atoms with Gasteiger partial charge in [-0.1, -0.05) is 6.07 Å². The molecule has 1 amide bonds. The first-order valence-electron chi connectivity index (χ1n) is 7.02. The molecular weight excluding hydrogens is 280 g/mol. The van der Waals surface area contributed by atoms with E-state index in [1.54, 1.807) is 24.5 Å². The fraction of sp³-hybridized carbons (Fsp3) is 0.312. The first-order valence-corrected chi connectivity index (χ1v) is 7.02. The first-order chi connectivity index (χ1) is 10.4. The van der Waals surface area contributed by atoms with Crippen LogP contribution in [0.5, 0.6) is 0 Å². The molecule has 2 rings (SSSR count). The number of hydrogen-bond acceptors (Lipinski definition) is 5. The molecule has 0 unspecified atom stereocenters. The molecule has 0 fully saturated rings. The van der Waals surface area contributed by atoms with Crippen molar-refractivity contribution in [2.45, 2.75) is 32.9 Å². The third-order valence-electron chi connectivity index (χ3n) is 2.59. The molecule has 2 aromatic heterocycles. The van der Waals surface area contributed by atoms with E-state index in [0.29, 0.717) is 18.1 Å². The third kappa shape index (κ3) is 5.40. The summed E-state index contributed by atoms with van der Waals surface area (Å²) in [5.41, 5.74) is 0.986. The minimum Gasteiger partial charge on any atom is -0.444 e. The Balaban J connectivity index is 1.86. The average Bonchev–Trinajstić information content (AvgIpc) is 2.45. The number of amides is 1. The Morgan fingerprint density at radius 2 is 2.00 bits per heavy atom. The summed E-state index contributed by atoms with van der Waals surface area (Å²) in [6, 6.07) is 9.29. The number of carbonyl (C=O) groups is 1. The number of anilines is 2. The van der Waals surface area contributed by atoms with E-state index in [1.165, 1.54) is 0 Å². The zero-order chi connectivity index (χ0) is 16.0.